The molecule has 0 radical (unpaired) electrons. The van der Waals surface area contributed by atoms with Crippen LogP contribution in [0.1, 0.15) is 16.1 Å². The van der Waals surface area contributed by atoms with E-state index in [4.69, 9.17) is 0 Å². The number of halogens is 1. The first-order valence-corrected chi connectivity index (χ1v) is 6.03. The second-order valence-electron chi connectivity index (χ2n) is 3.53. The number of aromatic nitrogens is 2. The summed E-state index contributed by atoms with van der Waals surface area (Å²) in [6.07, 6.45) is 3.71. The molecule has 16 heavy (non-hydrogen) atoms. The number of benzene rings is 1. The van der Waals surface area contributed by atoms with Crippen molar-refractivity contribution >= 4 is 21.7 Å². The van der Waals surface area contributed by atoms with Gasteiger partial charge in [-0.15, -0.1) is 0 Å². The van der Waals surface area contributed by atoms with Crippen molar-refractivity contribution < 1.29 is 4.79 Å². The maximum atomic E-state index is 11.4. The first-order chi connectivity index (χ1) is 7.70. The Morgan fingerprint density at radius 3 is 2.56 bits per heavy atom. The van der Waals surface area contributed by atoms with Gasteiger partial charge >= 0.3 is 0 Å². The van der Waals surface area contributed by atoms with E-state index in [0.717, 1.165) is 16.9 Å². The van der Waals surface area contributed by atoms with E-state index in [2.05, 4.69) is 20.9 Å². The lowest BCUT2D eigenvalue weighted by Crippen LogP contribution is -2.00. The lowest BCUT2D eigenvalue weighted by atomic mass is 10.1. The van der Waals surface area contributed by atoms with Gasteiger partial charge in [0.1, 0.15) is 0 Å². The van der Waals surface area contributed by atoms with Gasteiger partial charge in [-0.1, -0.05) is 15.9 Å². The minimum absolute atomic E-state index is 0.0911. The standard InChI is InChI=1S/C12H11BrN2O/c1-9-7-15(8-14-9)11-4-2-10(3-5-11)12(16)6-13/h2-5,7-8H,6H2,1H3. The molecule has 0 amide bonds. The van der Waals surface area contributed by atoms with Crippen molar-refractivity contribution in [2.75, 3.05) is 5.33 Å². The van der Waals surface area contributed by atoms with Crippen LogP contribution < -0.4 is 0 Å². The summed E-state index contributed by atoms with van der Waals surface area (Å²) in [6.45, 7) is 1.94. The van der Waals surface area contributed by atoms with Gasteiger partial charge in [0, 0.05) is 17.4 Å². The summed E-state index contributed by atoms with van der Waals surface area (Å²) in [5.74, 6) is 0.0911. The molecule has 82 valence electrons. The van der Waals surface area contributed by atoms with Crippen LogP contribution in [0.25, 0.3) is 5.69 Å². The number of aryl methyl sites for hydroxylation is 1. The van der Waals surface area contributed by atoms with Gasteiger partial charge in [-0.05, 0) is 31.2 Å². The van der Waals surface area contributed by atoms with E-state index in [9.17, 15) is 4.79 Å². The molecule has 0 saturated carbocycles. The zero-order valence-corrected chi connectivity index (χ0v) is 10.4. The third-order valence-corrected chi connectivity index (χ3v) is 2.83. The van der Waals surface area contributed by atoms with Crippen molar-refractivity contribution in [1.29, 1.82) is 0 Å². The number of rotatable bonds is 3. The highest BCUT2D eigenvalue weighted by molar-refractivity contribution is 9.09. The molecule has 0 unspecified atom stereocenters. The Labute approximate surface area is 102 Å². The van der Waals surface area contributed by atoms with Crippen LogP contribution >= 0.6 is 15.9 Å². The summed E-state index contributed by atoms with van der Waals surface area (Å²) in [5.41, 5.74) is 2.70. The number of imidazole rings is 1. The molecular formula is C12H11BrN2O. The minimum atomic E-state index is 0.0911. The maximum absolute atomic E-state index is 11.4. The van der Waals surface area contributed by atoms with Gasteiger partial charge in [0.25, 0.3) is 0 Å². The van der Waals surface area contributed by atoms with Gasteiger partial charge in [-0.3, -0.25) is 4.79 Å². The third-order valence-electron chi connectivity index (χ3n) is 2.32. The molecule has 1 aromatic carbocycles. The van der Waals surface area contributed by atoms with Gasteiger partial charge in [-0.25, -0.2) is 4.98 Å². The Bertz CT molecular complexity index is 502. The van der Waals surface area contributed by atoms with E-state index in [1.165, 1.54) is 0 Å². The highest BCUT2D eigenvalue weighted by Crippen LogP contribution is 2.11. The first-order valence-electron chi connectivity index (χ1n) is 4.91. The highest BCUT2D eigenvalue weighted by Gasteiger charge is 2.03. The molecule has 0 atom stereocenters. The van der Waals surface area contributed by atoms with Gasteiger partial charge in [-0.2, -0.15) is 0 Å². The van der Waals surface area contributed by atoms with Gasteiger partial charge in [0.05, 0.1) is 17.4 Å². The Kier molecular flexibility index (Phi) is 3.19. The fourth-order valence-electron chi connectivity index (χ4n) is 1.46. The topological polar surface area (TPSA) is 34.9 Å². The molecule has 2 aromatic rings. The summed E-state index contributed by atoms with van der Waals surface area (Å²) in [7, 11) is 0. The Morgan fingerprint density at radius 2 is 2.06 bits per heavy atom. The van der Waals surface area contributed by atoms with Crippen molar-refractivity contribution in [2.45, 2.75) is 6.92 Å². The Hall–Kier alpha value is -1.42. The van der Waals surface area contributed by atoms with E-state index < -0.39 is 0 Å². The second kappa shape index (κ2) is 4.61. The van der Waals surface area contributed by atoms with Crippen molar-refractivity contribution in [3.05, 3.63) is 48.0 Å². The molecule has 0 aliphatic carbocycles. The second-order valence-corrected chi connectivity index (χ2v) is 4.09. The quantitative estimate of drug-likeness (QED) is 0.639. The lowest BCUT2D eigenvalue weighted by molar-refractivity contribution is 0.102. The van der Waals surface area contributed by atoms with Crippen LogP contribution in [0.15, 0.2) is 36.8 Å². The number of nitrogens with zero attached hydrogens (tertiary/aromatic N) is 2. The molecule has 2 rings (SSSR count). The molecule has 0 aliphatic heterocycles. The fraction of sp³-hybridized carbons (Fsp3) is 0.167. The predicted octanol–water partition coefficient (Wildman–Crippen LogP) is 2.76. The van der Waals surface area contributed by atoms with E-state index in [0.29, 0.717) is 5.33 Å². The van der Waals surface area contributed by atoms with E-state index in [1.807, 2.05) is 42.0 Å². The molecule has 0 fully saturated rings. The van der Waals surface area contributed by atoms with Crippen LogP contribution in [0.2, 0.25) is 0 Å². The number of carbonyl (C=O) groups is 1. The molecule has 0 N–H and O–H groups in total. The largest absolute Gasteiger partial charge is 0.306 e. The van der Waals surface area contributed by atoms with Crippen molar-refractivity contribution in [3.63, 3.8) is 0 Å². The van der Waals surface area contributed by atoms with Crippen LogP contribution in [0.5, 0.6) is 0 Å². The van der Waals surface area contributed by atoms with Crippen LogP contribution in [0.3, 0.4) is 0 Å². The molecule has 3 nitrogen and oxygen atoms in total. The number of carbonyl (C=O) groups excluding carboxylic acids is 1. The van der Waals surface area contributed by atoms with Gasteiger partial charge in [0.15, 0.2) is 5.78 Å². The smallest absolute Gasteiger partial charge is 0.173 e. The summed E-state index contributed by atoms with van der Waals surface area (Å²) < 4.78 is 1.93. The summed E-state index contributed by atoms with van der Waals surface area (Å²) in [6, 6.07) is 7.48. The normalized spacial score (nSPS) is 10.4. The van der Waals surface area contributed by atoms with Crippen LogP contribution in [-0.2, 0) is 0 Å². The molecule has 1 heterocycles. The van der Waals surface area contributed by atoms with E-state index in [-0.39, 0.29) is 5.78 Å². The average molecular weight is 279 g/mol. The molecule has 0 spiro atoms. The number of hydrogen-bond acceptors (Lipinski definition) is 2. The predicted molar refractivity (Wildman–Crippen MR) is 66.4 cm³/mol. The zero-order valence-electron chi connectivity index (χ0n) is 8.85. The maximum Gasteiger partial charge on any atom is 0.173 e. The first kappa shape index (κ1) is 11.1. The number of ketones is 1. The molecule has 4 heteroatoms. The van der Waals surface area contributed by atoms with Crippen LogP contribution in [0, 0.1) is 6.92 Å². The Balaban J connectivity index is 2.29. The number of hydrogen-bond donors (Lipinski definition) is 0. The third kappa shape index (κ3) is 2.22. The van der Waals surface area contributed by atoms with E-state index >= 15 is 0 Å². The molecule has 0 bridgehead atoms. The van der Waals surface area contributed by atoms with Gasteiger partial charge < -0.3 is 4.57 Å². The molecule has 0 aliphatic rings. The van der Waals surface area contributed by atoms with Crippen molar-refractivity contribution in [1.82, 2.24) is 9.55 Å². The molecule has 1 aromatic heterocycles. The van der Waals surface area contributed by atoms with E-state index in [1.54, 1.807) is 6.33 Å². The molecular weight excluding hydrogens is 268 g/mol. The Morgan fingerprint density at radius 1 is 1.38 bits per heavy atom. The SMILES string of the molecule is Cc1cn(-c2ccc(C(=O)CBr)cc2)cn1. The van der Waals surface area contributed by atoms with Crippen molar-refractivity contribution in [2.24, 2.45) is 0 Å². The summed E-state index contributed by atoms with van der Waals surface area (Å²) in [5, 5.41) is 0.358. The summed E-state index contributed by atoms with van der Waals surface area (Å²) in [4.78, 5) is 15.6. The summed E-state index contributed by atoms with van der Waals surface area (Å²) >= 11 is 3.15. The van der Waals surface area contributed by atoms with Crippen molar-refractivity contribution in [3.8, 4) is 5.69 Å². The average Bonchev–Trinajstić information content (AvgIpc) is 2.75. The molecule has 0 saturated heterocycles. The van der Waals surface area contributed by atoms with Crippen LogP contribution in [-0.4, -0.2) is 20.7 Å². The van der Waals surface area contributed by atoms with Gasteiger partial charge in [0.2, 0.25) is 0 Å². The fourth-order valence-corrected chi connectivity index (χ4v) is 1.78. The highest BCUT2D eigenvalue weighted by atomic mass is 79.9. The zero-order chi connectivity index (χ0) is 11.5. The minimum Gasteiger partial charge on any atom is -0.306 e. The monoisotopic (exact) mass is 278 g/mol. The lowest BCUT2D eigenvalue weighted by Gasteiger charge is -2.02. The van der Waals surface area contributed by atoms with Crippen LogP contribution in [0.4, 0.5) is 0 Å². The number of alkyl halides is 1. The number of Topliss-reactive ketones (excluding diaryl/α,β-unsaturated/α-hetero) is 1.